The van der Waals surface area contributed by atoms with Crippen LogP contribution < -0.4 is 5.32 Å². The molecule has 1 aliphatic heterocycles. The van der Waals surface area contributed by atoms with Crippen LogP contribution >= 0.6 is 0 Å². The molecule has 0 radical (unpaired) electrons. The zero-order valence-corrected chi connectivity index (χ0v) is 10.2. The second kappa shape index (κ2) is 4.84. The highest BCUT2D eigenvalue weighted by atomic mass is 16.5. The molecule has 1 heterocycles. The lowest BCUT2D eigenvalue weighted by molar-refractivity contribution is 0.177. The molecule has 0 spiro atoms. The Labute approximate surface area is 93.8 Å². The topological polar surface area (TPSA) is 21.3 Å². The van der Waals surface area contributed by atoms with Crippen LogP contribution in [0.1, 0.15) is 46.0 Å². The molecular formula is C13H25NO. The van der Waals surface area contributed by atoms with Crippen molar-refractivity contribution >= 4 is 0 Å². The molecule has 2 heteroatoms. The molecule has 0 amide bonds. The van der Waals surface area contributed by atoms with Gasteiger partial charge in [-0.3, -0.25) is 0 Å². The minimum absolute atomic E-state index is 0.641. The fourth-order valence-corrected chi connectivity index (χ4v) is 2.71. The minimum Gasteiger partial charge on any atom is -0.381 e. The Bertz CT molecular complexity index is 195. The van der Waals surface area contributed by atoms with Crippen LogP contribution in [0.25, 0.3) is 0 Å². The van der Waals surface area contributed by atoms with Gasteiger partial charge in [0.2, 0.25) is 0 Å². The summed E-state index contributed by atoms with van der Waals surface area (Å²) in [5.41, 5.74) is 0.683. The van der Waals surface area contributed by atoms with Crippen molar-refractivity contribution in [1.82, 2.24) is 5.32 Å². The van der Waals surface area contributed by atoms with Crippen molar-refractivity contribution in [1.29, 1.82) is 0 Å². The van der Waals surface area contributed by atoms with E-state index in [2.05, 4.69) is 19.2 Å². The number of hydrogen-bond acceptors (Lipinski definition) is 2. The van der Waals surface area contributed by atoms with Gasteiger partial charge in [0.05, 0.1) is 6.61 Å². The number of hydrogen-bond donors (Lipinski definition) is 1. The molecule has 2 rings (SSSR count). The first-order valence-corrected chi connectivity index (χ1v) is 6.57. The van der Waals surface area contributed by atoms with Crippen LogP contribution in [0.4, 0.5) is 0 Å². The molecule has 0 aromatic rings. The van der Waals surface area contributed by atoms with Crippen molar-refractivity contribution in [3.63, 3.8) is 0 Å². The predicted octanol–water partition coefficient (Wildman–Crippen LogP) is 2.58. The fourth-order valence-electron chi connectivity index (χ4n) is 2.71. The quantitative estimate of drug-likeness (QED) is 0.729. The Morgan fingerprint density at radius 3 is 2.80 bits per heavy atom. The second-order valence-corrected chi connectivity index (χ2v) is 5.54. The summed E-state index contributed by atoms with van der Waals surface area (Å²) < 4.78 is 5.43. The Kier molecular flexibility index (Phi) is 3.68. The molecule has 1 aliphatic carbocycles. The van der Waals surface area contributed by atoms with Crippen molar-refractivity contribution in [2.24, 2.45) is 11.3 Å². The van der Waals surface area contributed by atoms with E-state index >= 15 is 0 Å². The van der Waals surface area contributed by atoms with Gasteiger partial charge in [0.25, 0.3) is 0 Å². The van der Waals surface area contributed by atoms with Gasteiger partial charge in [-0.2, -0.15) is 0 Å². The van der Waals surface area contributed by atoms with Crippen molar-refractivity contribution in [3.8, 4) is 0 Å². The molecule has 2 nitrogen and oxygen atoms in total. The first-order chi connectivity index (χ1) is 7.26. The van der Waals surface area contributed by atoms with Crippen molar-refractivity contribution in [2.45, 2.75) is 52.0 Å². The maximum Gasteiger partial charge on any atom is 0.0509 e. The Morgan fingerprint density at radius 2 is 2.27 bits per heavy atom. The van der Waals surface area contributed by atoms with E-state index in [1.807, 2.05) is 0 Å². The zero-order chi connectivity index (χ0) is 10.7. The summed E-state index contributed by atoms with van der Waals surface area (Å²) in [6, 6.07) is 0.641. The molecule has 1 saturated heterocycles. The van der Waals surface area contributed by atoms with Crippen LogP contribution in [0.2, 0.25) is 0 Å². The van der Waals surface area contributed by atoms with Gasteiger partial charge in [-0.15, -0.1) is 0 Å². The molecule has 0 aromatic heterocycles. The average molecular weight is 211 g/mol. The van der Waals surface area contributed by atoms with E-state index in [-0.39, 0.29) is 0 Å². The van der Waals surface area contributed by atoms with Gasteiger partial charge in [-0.25, -0.2) is 0 Å². The van der Waals surface area contributed by atoms with Gasteiger partial charge in [0.15, 0.2) is 0 Å². The predicted molar refractivity (Wildman–Crippen MR) is 63.0 cm³/mol. The standard InChI is InChI=1S/C13H25NO/c1-3-5-13(6-7-13)10-14-11(2)12-4-8-15-9-12/h11-12,14H,3-10H2,1-2H3. The van der Waals surface area contributed by atoms with E-state index < -0.39 is 0 Å². The van der Waals surface area contributed by atoms with Crippen molar-refractivity contribution < 1.29 is 4.74 Å². The maximum atomic E-state index is 5.43. The molecule has 2 unspecified atom stereocenters. The van der Waals surface area contributed by atoms with E-state index in [1.54, 1.807) is 0 Å². The molecule has 1 N–H and O–H groups in total. The fraction of sp³-hybridized carbons (Fsp3) is 1.00. The Hall–Kier alpha value is -0.0800. The van der Waals surface area contributed by atoms with Crippen LogP contribution in [0.5, 0.6) is 0 Å². The van der Waals surface area contributed by atoms with Gasteiger partial charge < -0.3 is 10.1 Å². The largest absolute Gasteiger partial charge is 0.381 e. The zero-order valence-electron chi connectivity index (χ0n) is 10.2. The summed E-state index contributed by atoms with van der Waals surface area (Å²) in [6.45, 7) is 7.79. The van der Waals surface area contributed by atoms with Crippen LogP contribution in [0, 0.1) is 11.3 Å². The van der Waals surface area contributed by atoms with Gasteiger partial charge in [-0.05, 0) is 43.9 Å². The smallest absolute Gasteiger partial charge is 0.0509 e. The van der Waals surface area contributed by atoms with Gasteiger partial charge >= 0.3 is 0 Å². The third kappa shape index (κ3) is 2.94. The lowest BCUT2D eigenvalue weighted by Crippen LogP contribution is -2.37. The molecule has 0 bridgehead atoms. The normalized spacial score (nSPS) is 30.4. The van der Waals surface area contributed by atoms with Crippen LogP contribution in [-0.2, 0) is 4.74 Å². The highest BCUT2D eigenvalue weighted by Crippen LogP contribution is 2.49. The SMILES string of the molecule is CCCC1(CNC(C)C2CCOC2)CC1. The lowest BCUT2D eigenvalue weighted by atomic mass is 9.97. The Morgan fingerprint density at radius 1 is 1.47 bits per heavy atom. The average Bonchev–Trinajstić information content (AvgIpc) is 2.81. The van der Waals surface area contributed by atoms with E-state index in [0.717, 1.165) is 19.1 Å². The highest BCUT2D eigenvalue weighted by molar-refractivity contribution is 4.95. The Balaban J connectivity index is 1.68. The molecule has 88 valence electrons. The molecule has 1 saturated carbocycles. The summed E-state index contributed by atoms with van der Waals surface area (Å²) in [5, 5.41) is 3.73. The monoisotopic (exact) mass is 211 g/mol. The van der Waals surface area contributed by atoms with E-state index in [0.29, 0.717) is 11.5 Å². The van der Waals surface area contributed by atoms with E-state index in [9.17, 15) is 0 Å². The molecule has 2 aliphatic rings. The van der Waals surface area contributed by atoms with Crippen molar-refractivity contribution in [2.75, 3.05) is 19.8 Å². The van der Waals surface area contributed by atoms with Gasteiger partial charge in [0, 0.05) is 19.2 Å². The number of ether oxygens (including phenoxy) is 1. The first kappa shape index (κ1) is 11.4. The molecule has 0 aromatic carbocycles. The third-order valence-corrected chi connectivity index (χ3v) is 4.21. The van der Waals surface area contributed by atoms with E-state index in [1.165, 1.54) is 38.6 Å². The number of rotatable bonds is 6. The third-order valence-electron chi connectivity index (χ3n) is 4.21. The van der Waals surface area contributed by atoms with Crippen LogP contribution in [-0.4, -0.2) is 25.8 Å². The maximum absolute atomic E-state index is 5.43. The van der Waals surface area contributed by atoms with E-state index in [4.69, 9.17) is 4.74 Å². The second-order valence-electron chi connectivity index (χ2n) is 5.54. The minimum atomic E-state index is 0.641. The molecule has 2 fully saturated rings. The van der Waals surface area contributed by atoms with Gasteiger partial charge in [-0.1, -0.05) is 13.3 Å². The van der Waals surface area contributed by atoms with Crippen LogP contribution in [0.3, 0.4) is 0 Å². The summed E-state index contributed by atoms with van der Waals surface area (Å²) >= 11 is 0. The summed E-state index contributed by atoms with van der Waals surface area (Å²) in [5.74, 6) is 0.752. The first-order valence-electron chi connectivity index (χ1n) is 6.57. The highest BCUT2D eigenvalue weighted by Gasteiger charge is 2.41. The number of nitrogens with one attached hydrogen (secondary N) is 1. The lowest BCUT2D eigenvalue weighted by Gasteiger charge is -2.23. The summed E-state index contributed by atoms with van der Waals surface area (Å²) in [7, 11) is 0. The molecule has 15 heavy (non-hydrogen) atoms. The summed E-state index contributed by atoms with van der Waals surface area (Å²) in [6.07, 6.45) is 6.88. The molecular weight excluding hydrogens is 186 g/mol. The van der Waals surface area contributed by atoms with Crippen LogP contribution in [0.15, 0.2) is 0 Å². The van der Waals surface area contributed by atoms with Crippen molar-refractivity contribution in [3.05, 3.63) is 0 Å². The van der Waals surface area contributed by atoms with Gasteiger partial charge in [0.1, 0.15) is 0 Å². The molecule has 2 atom stereocenters. The summed E-state index contributed by atoms with van der Waals surface area (Å²) in [4.78, 5) is 0.